The quantitative estimate of drug-likeness (QED) is 0.345. The number of hydrogen-bond donors (Lipinski definition) is 0. The zero-order valence-electron chi connectivity index (χ0n) is 24.8. The summed E-state index contributed by atoms with van der Waals surface area (Å²) in [6.45, 7) is 7.57. The van der Waals surface area contributed by atoms with Gasteiger partial charge in [0.25, 0.3) is 0 Å². The summed E-state index contributed by atoms with van der Waals surface area (Å²) in [5, 5.41) is 8.29. The van der Waals surface area contributed by atoms with Gasteiger partial charge in [-0.05, 0) is 56.5 Å². The first-order valence-corrected chi connectivity index (χ1v) is 14.0. The summed E-state index contributed by atoms with van der Waals surface area (Å²) in [5.74, 6) is -0.725. The number of aromatic nitrogens is 3. The molecule has 2 saturated heterocycles. The fraction of sp³-hybridized carbons (Fsp3) is 0.400. The number of amides is 3. The van der Waals surface area contributed by atoms with Crippen molar-refractivity contribution in [3.8, 4) is 0 Å². The molecule has 11 nitrogen and oxygen atoms in total. The number of likely N-dealkylation sites (N-methyl/N-ethyl adjacent to an activating group) is 1. The van der Waals surface area contributed by atoms with Gasteiger partial charge in [-0.1, -0.05) is 18.7 Å². The Bertz CT molecular complexity index is 1620. The zero-order chi connectivity index (χ0) is 31.9. The van der Waals surface area contributed by atoms with Crippen molar-refractivity contribution in [2.24, 2.45) is 0 Å². The molecular formula is C30H32F3N7O4. The zero-order valence-corrected chi connectivity index (χ0v) is 24.8. The van der Waals surface area contributed by atoms with Crippen LogP contribution >= 0.6 is 0 Å². The summed E-state index contributed by atoms with van der Waals surface area (Å²) in [7, 11) is 3.36. The van der Waals surface area contributed by atoms with Gasteiger partial charge in [0, 0.05) is 32.8 Å². The number of pyridine rings is 1. The molecule has 0 spiro atoms. The SMILES string of the molecule is C=CC(=O)N1CCC1c1nnc(CN(C)c2c(C)cccc2N(C)C(=O)C2CCC(=O)N2c2cc(C(F)(F)F)cc(C)n2)o1. The molecular weight excluding hydrogens is 579 g/mol. The molecule has 2 fully saturated rings. The molecule has 3 amide bonds. The minimum atomic E-state index is -4.64. The second-order valence-electron chi connectivity index (χ2n) is 10.9. The number of likely N-dealkylation sites (tertiary alicyclic amines) is 1. The standard InChI is InChI=1S/C30H32F3N7O4/c1-6-25(41)39-13-12-21(39)28-36-35-24(44-28)16-37(4)27-17(2)8-7-9-20(27)38(5)29(43)22-10-11-26(42)40(22)23-15-19(30(31,32)33)14-18(3)34-23/h6-9,14-15,21-22H,1,10-13,16H2,2-5H3. The number of benzene rings is 1. The lowest BCUT2D eigenvalue weighted by atomic mass is 10.0. The van der Waals surface area contributed by atoms with Crippen LogP contribution in [0.1, 0.15) is 53.9 Å². The van der Waals surface area contributed by atoms with Gasteiger partial charge in [-0.15, -0.1) is 10.2 Å². The lowest BCUT2D eigenvalue weighted by molar-refractivity contribution is -0.137. The minimum Gasteiger partial charge on any atom is -0.421 e. The first-order chi connectivity index (χ1) is 20.8. The lowest BCUT2D eigenvalue weighted by Crippen LogP contribution is -2.46. The molecule has 5 rings (SSSR count). The van der Waals surface area contributed by atoms with E-state index in [2.05, 4.69) is 21.8 Å². The van der Waals surface area contributed by atoms with Crippen molar-refractivity contribution in [2.45, 2.75) is 57.9 Å². The largest absolute Gasteiger partial charge is 0.421 e. The Morgan fingerprint density at radius 2 is 1.91 bits per heavy atom. The van der Waals surface area contributed by atoms with Crippen LogP contribution in [0.15, 0.2) is 47.4 Å². The molecule has 3 aromatic rings. The van der Waals surface area contributed by atoms with Gasteiger partial charge in [0.15, 0.2) is 0 Å². The van der Waals surface area contributed by atoms with E-state index in [0.29, 0.717) is 36.1 Å². The van der Waals surface area contributed by atoms with Gasteiger partial charge in [0.1, 0.15) is 17.9 Å². The Balaban J connectivity index is 1.38. The van der Waals surface area contributed by atoms with E-state index in [1.807, 2.05) is 17.9 Å². The summed E-state index contributed by atoms with van der Waals surface area (Å²) in [6.07, 6.45) is -2.57. The van der Waals surface area contributed by atoms with Crippen molar-refractivity contribution < 1.29 is 32.0 Å². The number of aryl methyl sites for hydroxylation is 2. The molecule has 1 aromatic carbocycles. The van der Waals surface area contributed by atoms with Crippen LogP contribution in [0.25, 0.3) is 0 Å². The van der Waals surface area contributed by atoms with Crippen molar-refractivity contribution >= 4 is 34.9 Å². The van der Waals surface area contributed by atoms with E-state index in [1.54, 1.807) is 31.1 Å². The van der Waals surface area contributed by atoms with Crippen LogP contribution in [-0.4, -0.2) is 64.5 Å². The highest BCUT2D eigenvalue weighted by Crippen LogP contribution is 2.37. The van der Waals surface area contributed by atoms with Gasteiger partial charge >= 0.3 is 6.18 Å². The highest BCUT2D eigenvalue weighted by Gasteiger charge is 2.42. The Kier molecular flexibility index (Phi) is 8.19. The predicted octanol–water partition coefficient (Wildman–Crippen LogP) is 4.35. The summed E-state index contributed by atoms with van der Waals surface area (Å²) in [4.78, 5) is 48.9. The number of alkyl halides is 3. The molecule has 4 heterocycles. The summed E-state index contributed by atoms with van der Waals surface area (Å²) < 4.78 is 46.5. The van der Waals surface area contributed by atoms with Crippen LogP contribution in [-0.2, 0) is 27.1 Å². The average Bonchev–Trinajstić information content (AvgIpc) is 3.56. The molecule has 2 aliphatic rings. The number of hydrogen-bond acceptors (Lipinski definition) is 8. The van der Waals surface area contributed by atoms with Crippen LogP contribution in [0.4, 0.5) is 30.4 Å². The van der Waals surface area contributed by atoms with Gasteiger partial charge in [0.2, 0.25) is 29.5 Å². The third-order valence-corrected chi connectivity index (χ3v) is 7.92. The number of rotatable bonds is 8. The van der Waals surface area contributed by atoms with Crippen molar-refractivity contribution in [3.63, 3.8) is 0 Å². The van der Waals surface area contributed by atoms with Crippen molar-refractivity contribution in [1.29, 1.82) is 0 Å². The lowest BCUT2D eigenvalue weighted by Gasteiger charge is -2.37. The maximum Gasteiger partial charge on any atom is 0.416 e. The number of carbonyl (C=O) groups is 3. The molecule has 2 unspecified atom stereocenters. The van der Waals surface area contributed by atoms with E-state index < -0.39 is 29.6 Å². The molecule has 0 radical (unpaired) electrons. The Morgan fingerprint density at radius 1 is 1.16 bits per heavy atom. The summed E-state index contributed by atoms with van der Waals surface area (Å²) in [6, 6.07) is 5.76. The molecule has 14 heteroatoms. The topological polar surface area (TPSA) is 116 Å². The maximum atomic E-state index is 13.9. The van der Waals surface area contributed by atoms with E-state index in [0.717, 1.165) is 22.6 Å². The number of para-hydroxylation sites is 1. The molecule has 0 aliphatic carbocycles. The minimum absolute atomic E-state index is 0.00187. The van der Waals surface area contributed by atoms with Crippen molar-refractivity contribution in [2.75, 3.05) is 35.3 Å². The van der Waals surface area contributed by atoms with Crippen molar-refractivity contribution in [3.05, 3.63) is 71.6 Å². The van der Waals surface area contributed by atoms with E-state index in [9.17, 15) is 27.6 Å². The van der Waals surface area contributed by atoms with Crippen LogP contribution in [0.3, 0.4) is 0 Å². The van der Waals surface area contributed by atoms with Gasteiger partial charge in [-0.25, -0.2) is 4.98 Å². The van der Waals surface area contributed by atoms with Crippen LogP contribution in [0.5, 0.6) is 0 Å². The second-order valence-corrected chi connectivity index (χ2v) is 10.9. The molecule has 0 saturated carbocycles. The number of carbonyl (C=O) groups excluding carboxylic acids is 3. The van der Waals surface area contributed by atoms with E-state index in [1.165, 1.54) is 17.9 Å². The van der Waals surface area contributed by atoms with Gasteiger partial charge in [-0.3, -0.25) is 19.3 Å². The number of nitrogens with zero attached hydrogens (tertiary/aromatic N) is 7. The Morgan fingerprint density at radius 3 is 2.57 bits per heavy atom. The normalized spacial score (nSPS) is 18.3. The summed E-state index contributed by atoms with van der Waals surface area (Å²) in [5.41, 5.74) is 1.17. The van der Waals surface area contributed by atoms with E-state index in [4.69, 9.17) is 4.42 Å². The second kappa shape index (κ2) is 11.7. The molecule has 232 valence electrons. The predicted molar refractivity (Wildman–Crippen MR) is 155 cm³/mol. The fourth-order valence-electron chi connectivity index (χ4n) is 5.67. The Labute approximate surface area is 251 Å². The number of halogens is 3. The molecule has 44 heavy (non-hydrogen) atoms. The monoisotopic (exact) mass is 611 g/mol. The highest BCUT2D eigenvalue weighted by atomic mass is 19.4. The van der Waals surface area contributed by atoms with Gasteiger partial charge < -0.3 is 19.1 Å². The molecule has 2 aromatic heterocycles. The maximum absolute atomic E-state index is 13.9. The molecule has 0 N–H and O–H groups in total. The first-order valence-electron chi connectivity index (χ1n) is 14.0. The molecule has 2 atom stereocenters. The third kappa shape index (κ3) is 5.75. The van der Waals surface area contributed by atoms with Crippen LogP contribution in [0, 0.1) is 13.8 Å². The molecule has 0 bridgehead atoms. The van der Waals surface area contributed by atoms with Gasteiger partial charge in [-0.2, -0.15) is 13.2 Å². The fourth-order valence-corrected chi connectivity index (χ4v) is 5.67. The van der Waals surface area contributed by atoms with Crippen LogP contribution < -0.4 is 14.7 Å². The van der Waals surface area contributed by atoms with Gasteiger partial charge in [0.05, 0.1) is 23.5 Å². The Hall–Kier alpha value is -4.75. The first kappa shape index (κ1) is 30.7. The van der Waals surface area contributed by atoms with Crippen molar-refractivity contribution in [1.82, 2.24) is 20.1 Å². The summed E-state index contributed by atoms with van der Waals surface area (Å²) >= 11 is 0. The average molecular weight is 612 g/mol. The smallest absolute Gasteiger partial charge is 0.416 e. The third-order valence-electron chi connectivity index (χ3n) is 7.92. The highest BCUT2D eigenvalue weighted by molar-refractivity contribution is 6.09. The van der Waals surface area contributed by atoms with Crippen LogP contribution in [0.2, 0.25) is 0 Å². The van der Waals surface area contributed by atoms with E-state index in [-0.39, 0.29) is 42.8 Å². The molecule has 2 aliphatic heterocycles. The number of anilines is 3. The van der Waals surface area contributed by atoms with E-state index >= 15 is 0 Å².